The molecule has 26 heavy (non-hydrogen) atoms. The Labute approximate surface area is 152 Å². The predicted molar refractivity (Wildman–Crippen MR) is 99.6 cm³/mol. The topological polar surface area (TPSA) is 62.5 Å². The Morgan fingerprint density at radius 2 is 2.12 bits per heavy atom. The van der Waals surface area contributed by atoms with Gasteiger partial charge in [-0.3, -0.25) is 14.1 Å². The van der Waals surface area contributed by atoms with Gasteiger partial charge in [0, 0.05) is 31.7 Å². The van der Waals surface area contributed by atoms with Crippen molar-refractivity contribution in [3.63, 3.8) is 0 Å². The molecule has 1 amide bonds. The number of carbonyl (C=O) groups excluding carboxylic acids is 1. The molecule has 0 saturated heterocycles. The van der Waals surface area contributed by atoms with Crippen LogP contribution in [0.1, 0.15) is 36.2 Å². The van der Waals surface area contributed by atoms with Crippen molar-refractivity contribution in [1.29, 1.82) is 0 Å². The minimum atomic E-state index is -0.0960. The summed E-state index contributed by atoms with van der Waals surface area (Å²) < 4.78 is 1.88. The molecule has 0 saturated carbocycles. The van der Waals surface area contributed by atoms with Crippen molar-refractivity contribution in [2.45, 2.75) is 32.4 Å². The van der Waals surface area contributed by atoms with E-state index in [4.69, 9.17) is 0 Å². The summed E-state index contributed by atoms with van der Waals surface area (Å²) in [6.07, 6.45) is 7.36. The predicted octanol–water partition coefficient (Wildman–Crippen LogP) is 2.35. The molecule has 0 fully saturated rings. The molecule has 1 aliphatic heterocycles. The highest BCUT2D eigenvalue weighted by molar-refractivity contribution is 5.78. The van der Waals surface area contributed by atoms with E-state index in [1.807, 2.05) is 22.9 Å². The summed E-state index contributed by atoms with van der Waals surface area (Å²) in [5, 5.41) is 3.13. The lowest BCUT2D eigenvalue weighted by molar-refractivity contribution is -0.123. The van der Waals surface area contributed by atoms with Crippen molar-refractivity contribution in [3.05, 3.63) is 65.7 Å². The highest BCUT2D eigenvalue weighted by atomic mass is 16.2. The molecule has 3 aromatic rings. The third kappa shape index (κ3) is 3.46. The number of nitrogens with one attached hydrogen (secondary N) is 1. The second-order valence-corrected chi connectivity index (χ2v) is 6.75. The Kier molecular flexibility index (Phi) is 4.67. The second kappa shape index (κ2) is 7.25. The first-order valence-corrected chi connectivity index (χ1v) is 9.11. The molecule has 4 rings (SSSR count). The lowest BCUT2D eigenvalue weighted by Crippen LogP contribution is -2.41. The van der Waals surface area contributed by atoms with E-state index in [1.54, 1.807) is 6.20 Å². The molecule has 0 spiro atoms. The third-order valence-corrected chi connectivity index (χ3v) is 4.93. The van der Waals surface area contributed by atoms with Crippen LogP contribution in [0.15, 0.2) is 48.9 Å². The number of aromatic nitrogens is 3. The number of carbonyl (C=O) groups is 1. The van der Waals surface area contributed by atoms with E-state index in [0.717, 1.165) is 31.6 Å². The number of imidazole rings is 1. The first-order valence-electron chi connectivity index (χ1n) is 9.11. The van der Waals surface area contributed by atoms with Crippen LogP contribution < -0.4 is 5.32 Å². The number of nitrogens with zero attached hydrogens (tertiary/aromatic N) is 4. The second-order valence-electron chi connectivity index (χ2n) is 6.75. The summed E-state index contributed by atoms with van der Waals surface area (Å²) in [6, 6.07) is 10.2. The molecule has 134 valence electrons. The molecular weight excluding hydrogens is 326 g/mol. The minimum Gasteiger partial charge on any atom is -0.347 e. The Morgan fingerprint density at radius 1 is 1.27 bits per heavy atom. The maximum Gasteiger partial charge on any atom is 0.234 e. The van der Waals surface area contributed by atoms with Crippen molar-refractivity contribution in [1.82, 2.24) is 24.6 Å². The molecule has 1 aromatic carbocycles. The number of amides is 1. The van der Waals surface area contributed by atoms with Crippen LogP contribution in [0.4, 0.5) is 0 Å². The van der Waals surface area contributed by atoms with Crippen LogP contribution in [0.3, 0.4) is 0 Å². The molecular formula is C20H23N5O. The third-order valence-electron chi connectivity index (χ3n) is 4.93. The fraction of sp³-hybridized carbons (Fsp3) is 0.350. The quantitative estimate of drug-likeness (QED) is 0.768. The molecule has 3 heterocycles. The molecule has 0 unspecified atom stereocenters. The van der Waals surface area contributed by atoms with Gasteiger partial charge in [0.15, 0.2) is 0 Å². The number of benzene rings is 1. The average Bonchev–Trinajstić information content (AvgIpc) is 3.10. The van der Waals surface area contributed by atoms with Gasteiger partial charge in [0.1, 0.15) is 0 Å². The molecule has 6 nitrogen and oxygen atoms in total. The fourth-order valence-electron chi connectivity index (χ4n) is 3.53. The summed E-state index contributed by atoms with van der Waals surface area (Å²) in [5.74, 6) is 0.698. The van der Waals surface area contributed by atoms with Crippen molar-refractivity contribution >= 4 is 11.7 Å². The zero-order valence-corrected chi connectivity index (χ0v) is 14.9. The van der Waals surface area contributed by atoms with Gasteiger partial charge in [-0.1, -0.05) is 31.2 Å². The van der Waals surface area contributed by atoms with Crippen LogP contribution in [-0.4, -0.2) is 38.3 Å². The van der Waals surface area contributed by atoms with Crippen LogP contribution >= 0.6 is 0 Å². The Hall–Kier alpha value is -2.73. The van der Waals surface area contributed by atoms with Crippen LogP contribution in [0.5, 0.6) is 0 Å². The Bertz CT molecular complexity index is 886. The van der Waals surface area contributed by atoms with Crippen LogP contribution in [0, 0.1) is 0 Å². The fourth-order valence-corrected chi connectivity index (χ4v) is 3.53. The van der Waals surface area contributed by atoms with Gasteiger partial charge in [-0.05, 0) is 30.0 Å². The highest BCUT2D eigenvalue weighted by Gasteiger charge is 2.21. The van der Waals surface area contributed by atoms with Crippen molar-refractivity contribution in [3.8, 4) is 0 Å². The van der Waals surface area contributed by atoms with E-state index in [-0.39, 0.29) is 11.9 Å². The maximum absolute atomic E-state index is 12.6. The maximum atomic E-state index is 12.6. The molecule has 0 radical (unpaired) electrons. The van der Waals surface area contributed by atoms with Gasteiger partial charge in [0.25, 0.3) is 0 Å². The normalized spacial score (nSPS) is 15.6. The number of rotatable bonds is 5. The SMILES string of the molecule is CC[C@H](NC(=O)CN1CCc2ccccc2C1)c1cn2cccnc2n1. The number of hydrogen-bond acceptors (Lipinski definition) is 4. The summed E-state index contributed by atoms with van der Waals surface area (Å²) >= 11 is 0. The van der Waals surface area contributed by atoms with Crippen LogP contribution in [0.2, 0.25) is 0 Å². The average molecular weight is 349 g/mol. The first kappa shape index (κ1) is 16.7. The van der Waals surface area contributed by atoms with E-state index in [9.17, 15) is 4.79 Å². The van der Waals surface area contributed by atoms with E-state index in [2.05, 4.69) is 51.4 Å². The van der Waals surface area contributed by atoms with Crippen LogP contribution in [0.25, 0.3) is 5.78 Å². The van der Waals surface area contributed by atoms with Gasteiger partial charge in [-0.15, -0.1) is 0 Å². The monoisotopic (exact) mass is 349 g/mol. The summed E-state index contributed by atoms with van der Waals surface area (Å²) in [4.78, 5) is 23.6. The van der Waals surface area contributed by atoms with E-state index < -0.39 is 0 Å². The largest absolute Gasteiger partial charge is 0.347 e. The lowest BCUT2D eigenvalue weighted by Gasteiger charge is -2.28. The van der Waals surface area contributed by atoms with Crippen molar-refractivity contribution in [2.75, 3.05) is 13.1 Å². The van der Waals surface area contributed by atoms with Gasteiger partial charge in [-0.2, -0.15) is 0 Å². The van der Waals surface area contributed by atoms with E-state index >= 15 is 0 Å². The Morgan fingerprint density at radius 3 is 2.92 bits per heavy atom. The molecule has 0 aliphatic carbocycles. The molecule has 1 N–H and O–H groups in total. The highest BCUT2D eigenvalue weighted by Crippen LogP contribution is 2.19. The number of hydrogen-bond donors (Lipinski definition) is 1. The van der Waals surface area contributed by atoms with Gasteiger partial charge >= 0.3 is 0 Å². The first-order chi connectivity index (χ1) is 12.7. The zero-order chi connectivity index (χ0) is 17.9. The molecule has 6 heteroatoms. The van der Waals surface area contributed by atoms with Crippen molar-refractivity contribution in [2.24, 2.45) is 0 Å². The Balaban J connectivity index is 1.40. The molecule has 1 aliphatic rings. The van der Waals surface area contributed by atoms with Crippen LogP contribution in [-0.2, 0) is 17.8 Å². The van der Waals surface area contributed by atoms with E-state index in [1.165, 1.54) is 11.1 Å². The van der Waals surface area contributed by atoms with Gasteiger partial charge < -0.3 is 5.32 Å². The zero-order valence-electron chi connectivity index (χ0n) is 14.9. The minimum absolute atomic E-state index is 0.0428. The molecule has 1 atom stereocenters. The molecule has 0 bridgehead atoms. The molecule has 2 aromatic heterocycles. The summed E-state index contributed by atoms with van der Waals surface area (Å²) in [6.45, 7) is 4.22. The number of fused-ring (bicyclic) bond motifs is 2. The summed E-state index contributed by atoms with van der Waals surface area (Å²) in [5.41, 5.74) is 3.57. The standard InChI is InChI=1S/C20H23N5O/c1-2-17(18-13-25-10-5-9-21-20(25)23-18)22-19(26)14-24-11-8-15-6-3-4-7-16(15)12-24/h3-7,9-10,13,17H,2,8,11-12,14H2,1H3,(H,22,26)/t17-/m0/s1. The van der Waals surface area contributed by atoms with Crippen molar-refractivity contribution < 1.29 is 4.79 Å². The van der Waals surface area contributed by atoms with E-state index in [0.29, 0.717) is 12.3 Å². The smallest absolute Gasteiger partial charge is 0.234 e. The van der Waals surface area contributed by atoms with Gasteiger partial charge in [0.05, 0.1) is 18.3 Å². The lowest BCUT2D eigenvalue weighted by atomic mass is 10.00. The van der Waals surface area contributed by atoms with Gasteiger partial charge in [0.2, 0.25) is 11.7 Å². The van der Waals surface area contributed by atoms with Gasteiger partial charge in [-0.25, -0.2) is 9.97 Å². The summed E-state index contributed by atoms with van der Waals surface area (Å²) in [7, 11) is 0.